The van der Waals surface area contributed by atoms with E-state index in [1.54, 1.807) is 19.2 Å². The van der Waals surface area contributed by atoms with E-state index in [4.69, 9.17) is 4.52 Å². The van der Waals surface area contributed by atoms with Gasteiger partial charge < -0.3 is 14.7 Å². The molecule has 3 aromatic rings. The Morgan fingerprint density at radius 1 is 1.27 bits per heavy atom. The van der Waals surface area contributed by atoms with Crippen molar-refractivity contribution in [2.45, 2.75) is 25.8 Å². The molecule has 0 radical (unpaired) electrons. The third-order valence-electron chi connectivity index (χ3n) is 4.50. The maximum absolute atomic E-state index is 14.1. The van der Waals surface area contributed by atoms with Crippen molar-refractivity contribution < 1.29 is 8.91 Å². The van der Waals surface area contributed by atoms with Gasteiger partial charge in [-0.05, 0) is 44.0 Å². The average molecular weight is 353 g/mol. The standard InChI is InChI=1S/C19H20FN5O/c1-13-22-19(26-24-13)14-8-9-21-18(11-14)23-15-5-4-10-25(12-15)17-7-3-2-6-16(17)20/h2-3,6-9,11,15H,4-5,10,12H2,1H3,(H,21,23). The van der Waals surface area contributed by atoms with Crippen molar-refractivity contribution in [3.05, 3.63) is 54.2 Å². The number of hydrogen-bond acceptors (Lipinski definition) is 6. The summed E-state index contributed by atoms with van der Waals surface area (Å²) in [6, 6.07) is 10.8. The van der Waals surface area contributed by atoms with E-state index in [9.17, 15) is 4.39 Å². The van der Waals surface area contributed by atoms with Gasteiger partial charge in [-0.15, -0.1) is 0 Å². The van der Waals surface area contributed by atoms with Crippen LogP contribution in [0.25, 0.3) is 11.5 Å². The maximum atomic E-state index is 14.1. The van der Waals surface area contributed by atoms with Crippen LogP contribution in [0.15, 0.2) is 47.1 Å². The van der Waals surface area contributed by atoms with Crippen LogP contribution in [0.1, 0.15) is 18.7 Å². The van der Waals surface area contributed by atoms with Crippen LogP contribution < -0.4 is 10.2 Å². The lowest BCUT2D eigenvalue weighted by molar-refractivity contribution is 0.425. The highest BCUT2D eigenvalue weighted by Crippen LogP contribution is 2.25. The minimum Gasteiger partial charge on any atom is -0.367 e. The van der Waals surface area contributed by atoms with E-state index >= 15 is 0 Å². The van der Waals surface area contributed by atoms with Crippen molar-refractivity contribution in [3.63, 3.8) is 0 Å². The summed E-state index contributed by atoms with van der Waals surface area (Å²) in [5.74, 6) is 1.64. The molecule has 6 nitrogen and oxygen atoms in total. The lowest BCUT2D eigenvalue weighted by atomic mass is 10.0. The molecule has 0 bridgehead atoms. The molecule has 0 aliphatic carbocycles. The molecule has 1 aromatic carbocycles. The van der Waals surface area contributed by atoms with Crippen LogP contribution in [-0.4, -0.2) is 34.3 Å². The largest absolute Gasteiger partial charge is 0.367 e. The number of aryl methyl sites for hydroxylation is 1. The Labute approximate surface area is 151 Å². The van der Waals surface area contributed by atoms with Gasteiger partial charge in [0, 0.05) is 30.9 Å². The zero-order chi connectivity index (χ0) is 17.9. The van der Waals surface area contributed by atoms with Gasteiger partial charge in [0.1, 0.15) is 11.6 Å². The lowest BCUT2D eigenvalue weighted by Gasteiger charge is -2.35. The zero-order valence-corrected chi connectivity index (χ0v) is 14.5. The Bertz CT molecular complexity index is 897. The van der Waals surface area contributed by atoms with Gasteiger partial charge in [-0.25, -0.2) is 9.37 Å². The van der Waals surface area contributed by atoms with E-state index in [0.29, 0.717) is 17.4 Å². The van der Waals surface area contributed by atoms with Crippen molar-refractivity contribution in [3.8, 4) is 11.5 Å². The smallest absolute Gasteiger partial charge is 0.258 e. The number of aromatic nitrogens is 3. The minimum absolute atomic E-state index is 0.181. The second-order valence-corrected chi connectivity index (χ2v) is 6.46. The molecule has 3 heterocycles. The number of rotatable bonds is 4. The molecule has 1 N–H and O–H groups in total. The summed E-state index contributed by atoms with van der Waals surface area (Å²) in [4.78, 5) is 10.7. The quantitative estimate of drug-likeness (QED) is 0.772. The molecule has 1 saturated heterocycles. The third kappa shape index (κ3) is 3.51. The predicted octanol–water partition coefficient (Wildman–Crippen LogP) is 3.66. The number of nitrogens with zero attached hydrogens (tertiary/aromatic N) is 4. The van der Waals surface area contributed by atoms with Gasteiger partial charge in [0.25, 0.3) is 5.89 Å². The monoisotopic (exact) mass is 353 g/mol. The SMILES string of the molecule is Cc1noc(-c2ccnc(NC3CCCN(c4ccccc4F)C3)c2)n1. The number of nitrogens with one attached hydrogen (secondary N) is 1. The van der Waals surface area contributed by atoms with Gasteiger partial charge in [-0.3, -0.25) is 0 Å². The number of piperidine rings is 1. The molecule has 134 valence electrons. The summed E-state index contributed by atoms with van der Waals surface area (Å²) in [5.41, 5.74) is 1.48. The van der Waals surface area contributed by atoms with Crippen molar-refractivity contribution >= 4 is 11.5 Å². The molecule has 26 heavy (non-hydrogen) atoms. The Kier molecular flexibility index (Phi) is 4.51. The Morgan fingerprint density at radius 3 is 2.96 bits per heavy atom. The van der Waals surface area contributed by atoms with Gasteiger partial charge >= 0.3 is 0 Å². The van der Waals surface area contributed by atoms with Crippen LogP contribution in [0.3, 0.4) is 0 Å². The fourth-order valence-electron chi connectivity index (χ4n) is 3.29. The van der Waals surface area contributed by atoms with Crippen molar-refractivity contribution in [1.29, 1.82) is 0 Å². The third-order valence-corrected chi connectivity index (χ3v) is 4.50. The van der Waals surface area contributed by atoms with E-state index in [2.05, 4.69) is 25.3 Å². The first-order valence-corrected chi connectivity index (χ1v) is 8.72. The predicted molar refractivity (Wildman–Crippen MR) is 97.5 cm³/mol. The zero-order valence-electron chi connectivity index (χ0n) is 14.5. The van der Waals surface area contributed by atoms with Crippen LogP contribution in [0.4, 0.5) is 15.9 Å². The molecule has 4 rings (SSSR count). The first-order chi connectivity index (χ1) is 12.7. The second kappa shape index (κ2) is 7.11. The fraction of sp³-hybridized carbons (Fsp3) is 0.316. The lowest BCUT2D eigenvalue weighted by Crippen LogP contribution is -2.42. The van der Waals surface area contributed by atoms with Crippen LogP contribution in [0.5, 0.6) is 0 Å². The molecule has 7 heteroatoms. The molecular weight excluding hydrogens is 333 g/mol. The first-order valence-electron chi connectivity index (χ1n) is 8.72. The van der Waals surface area contributed by atoms with E-state index in [1.165, 1.54) is 6.07 Å². The van der Waals surface area contributed by atoms with Crippen LogP contribution in [-0.2, 0) is 0 Å². The average Bonchev–Trinajstić information content (AvgIpc) is 3.09. The van der Waals surface area contributed by atoms with Crippen molar-refractivity contribution in [2.75, 3.05) is 23.3 Å². The number of benzene rings is 1. The summed E-state index contributed by atoms with van der Waals surface area (Å²) in [5, 5.41) is 7.27. The molecule has 1 fully saturated rings. The first kappa shape index (κ1) is 16.5. The summed E-state index contributed by atoms with van der Waals surface area (Å²) in [6.45, 7) is 3.37. The van der Waals surface area contributed by atoms with Gasteiger partial charge in [0.15, 0.2) is 5.82 Å². The normalized spacial score (nSPS) is 17.3. The Balaban J connectivity index is 1.48. The van der Waals surface area contributed by atoms with Crippen LogP contribution in [0, 0.1) is 12.7 Å². The minimum atomic E-state index is -0.181. The molecule has 0 amide bonds. The summed E-state index contributed by atoms with van der Waals surface area (Å²) < 4.78 is 19.3. The van der Waals surface area contributed by atoms with Gasteiger partial charge in [-0.1, -0.05) is 17.3 Å². The van der Waals surface area contributed by atoms with Crippen LogP contribution in [0.2, 0.25) is 0 Å². The molecule has 0 saturated carbocycles. The molecule has 1 atom stereocenters. The van der Waals surface area contributed by atoms with E-state index in [-0.39, 0.29) is 11.9 Å². The molecule has 2 aromatic heterocycles. The summed E-state index contributed by atoms with van der Waals surface area (Å²) in [7, 11) is 0. The van der Waals surface area contributed by atoms with Crippen molar-refractivity contribution in [1.82, 2.24) is 15.1 Å². The highest BCUT2D eigenvalue weighted by molar-refractivity contribution is 5.58. The number of hydrogen-bond donors (Lipinski definition) is 1. The number of pyridine rings is 1. The Morgan fingerprint density at radius 2 is 2.15 bits per heavy atom. The van der Waals surface area contributed by atoms with E-state index in [1.807, 2.05) is 24.3 Å². The molecule has 0 spiro atoms. The van der Waals surface area contributed by atoms with E-state index < -0.39 is 0 Å². The molecule has 1 aliphatic heterocycles. The summed E-state index contributed by atoms with van der Waals surface area (Å²) in [6.07, 6.45) is 3.72. The highest BCUT2D eigenvalue weighted by Gasteiger charge is 2.22. The number of halogens is 1. The Hall–Kier alpha value is -2.96. The topological polar surface area (TPSA) is 67.1 Å². The molecule has 1 unspecified atom stereocenters. The van der Waals surface area contributed by atoms with E-state index in [0.717, 1.165) is 37.3 Å². The summed E-state index contributed by atoms with van der Waals surface area (Å²) >= 11 is 0. The molecular formula is C19H20FN5O. The van der Waals surface area contributed by atoms with Gasteiger partial charge in [0.2, 0.25) is 0 Å². The van der Waals surface area contributed by atoms with Gasteiger partial charge in [0.05, 0.1) is 5.69 Å². The fourth-order valence-corrected chi connectivity index (χ4v) is 3.29. The highest BCUT2D eigenvalue weighted by atomic mass is 19.1. The maximum Gasteiger partial charge on any atom is 0.258 e. The second-order valence-electron chi connectivity index (χ2n) is 6.46. The molecule has 1 aliphatic rings. The number of anilines is 2. The van der Waals surface area contributed by atoms with Crippen molar-refractivity contribution in [2.24, 2.45) is 0 Å². The van der Waals surface area contributed by atoms with Crippen LogP contribution >= 0.6 is 0 Å². The van der Waals surface area contributed by atoms with Gasteiger partial charge in [-0.2, -0.15) is 4.98 Å². The number of para-hydroxylation sites is 1.